The summed E-state index contributed by atoms with van der Waals surface area (Å²) in [6.45, 7) is 18.7. The number of aryl methyl sites for hydroxylation is 2. The van der Waals surface area contributed by atoms with Crippen molar-refractivity contribution in [3.63, 3.8) is 0 Å². The molecule has 0 aromatic heterocycles. The number of aromatic hydroxyl groups is 2. The van der Waals surface area contributed by atoms with Crippen molar-refractivity contribution in [1.29, 1.82) is 0 Å². The maximum absolute atomic E-state index is 9.86. The fourth-order valence-electron chi connectivity index (χ4n) is 5.34. The van der Waals surface area contributed by atoms with E-state index in [0.717, 1.165) is 37.8 Å². The van der Waals surface area contributed by atoms with Gasteiger partial charge < -0.3 is 28.5 Å². The van der Waals surface area contributed by atoms with Gasteiger partial charge in [-0.15, -0.1) is 0 Å². The highest BCUT2D eigenvalue weighted by molar-refractivity contribution is 6.80. The lowest BCUT2D eigenvalue weighted by Gasteiger charge is -2.43. The third-order valence-corrected chi connectivity index (χ3v) is 18.4. The van der Waals surface area contributed by atoms with Crippen LogP contribution in [0.4, 0.5) is 0 Å². The molecule has 40 heavy (non-hydrogen) atoms. The van der Waals surface area contributed by atoms with E-state index in [4.69, 9.17) is 18.3 Å². The molecule has 0 bridgehead atoms. The minimum atomic E-state index is -1.81. The van der Waals surface area contributed by atoms with Gasteiger partial charge in [-0.3, -0.25) is 0 Å². The first-order valence-electron chi connectivity index (χ1n) is 14.7. The fraction of sp³-hybridized carbons (Fsp3) is 0.613. The van der Waals surface area contributed by atoms with Gasteiger partial charge in [-0.25, -0.2) is 0 Å². The molecule has 0 aliphatic carbocycles. The Hall–Kier alpha value is -1.79. The summed E-state index contributed by atoms with van der Waals surface area (Å²) in [5, 5.41) is 19.6. The van der Waals surface area contributed by atoms with Crippen LogP contribution in [-0.2, 0) is 21.7 Å². The summed E-state index contributed by atoms with van der Waals surface area (Å²) in [6, 6.07) is 14.5. The van der Waals surface area contributed by atoms with Crippen molar-refractivity contribution >= 4 is 25.4 Å². The second kappa shape index (κ2) is 14.9. The van der Waals surface area contributed by atoms with Gasteiger partial charge in [0.2, 0.25) is 0 Å². The first-order valence-corrected chi connectivity index (χ1v) is 23.4. The molecule has 0 spiro atoms. The van der Waals surface area contributed by atoms with Gasteiger partial charge in [0.25, 0.3) is 0 Å². The van der Waals surface area contributed by atoms with E-state index in [9.17, 15) is 10.2 Å². The van der Waals surface area contributed by atoms with Crippen molar-refractivity contribution in [2.24, 2.45) is 0 Å². The maximum Gasteiger partial charge on any atom is 0.187 e. The van der Waals surface area contributed by atoms with Crippen LogP contribution in [0.15, 0.2) is 36.4 Å². The SMILES string of the molecule is COc1cc(CCC[Si](C)(C)OC(C)C[SiH](C)OC(C)(C)[Si](C)(C)CCCc2ccc(O)c(OC)c2)ccc1O. The summed E-state index contributed by atoms with van der Waals surface area (Å²) in [6.07, 6.45) is 4.30. The Morgan fingerprint density at radius 2 is 1.30 bits per heavy atom. The minimum absolute atomic E-state index is 0.0941. The largest absolute Gasteiger partial charge is 0.504 e. The first-order chi connectivity index (χ1) is 18.6. The van der Waals surface area contributed by atoms with E-state index in [0.29, 0.717) is 11.5 Å². The molecule has 226 valence electrons. The van der Waals surface area contributed by atoms with E-state index in [1.54, 1.807) is 26.4 Å². The molecule has 0 aliphatic rings. The molecule has 2 aromatic carbocycles. The highest BCUT2D eigenvalue weighted by Crippen LogP contribution is 2.33. The topological polar surface area (TPSA) is 77.4 Å². The monoisotopic (exact) mass is 606 g/mol. The summed E-state index contributed by atoms with van der Waals surface area (Å²) < 4.78 is 24.0. The van der Waals surface area contributed by atoms with Crippen LogP contribution in [0, 0.1) is 0 Å². The molecule has 0 fully saturated rings. The van der Waals surface area contributed by atoms with Crippen LogP contribution in [0.2, 0.25) is 50.9 Å². The lowest BCUT2D eigenvalue weighted by molar-refractivity contribution is 0.170. The summed E-state index contributed by atoms with van der Waals surface area (Å²) in [5.74, 6) is 1.44. The molecule has 0 saturated heterocycles. The van der Waals surface area contributed by atoms with Crippen LogP contribution in [-0.4, -0.2) is 61.2 Å². The lowest BCUT2D eigenvalue weighted by atomic mass is 10.1. The molecule has 0 heterocycles. The number of hydrogen-bond acceptors (Lipinski definition) is 6. The van der Waals surface area contributed by atoms with Crippen molar-refractivity contribution in [3.8, 4) is 23.0 Å². The Bertz CT molecular complexity index is 1070. The molecule has 0 aliphatic heterocycles. The summed E-state index contributed by atoms with van der Waals surface area (Å²) in [5.41, 5.74) is 2.38. The highest BCUT2D eigenvalue weighted by atomic mass is 28.4. The molecule has 2 aromatic rings. The Labute approximate surface area is 246 Å². The Morgan fingerprint density at radius 3 is 1.77 bits per heavy atom. The second-order valence-corrected chi connectivity index (χ2v) is 25.0. The van der Waals surface area contributed by atoms with Gasteiger partial charge in [-0.2, -0.15) is 0 Å². The molecule has 2 unspecified atom stereocenters. The van der Waals surface area contributed by atoms with Crippen molar-refractivity contribution in [1.82, 2.24) is 0 Å². The number of hydrogen-bond donors (Lipinski definition) is 2. The predicted octanol–water partition coefficient (Wildman–Crippen LogP) is 7.69. The van der Waals surface area contributed by atoms with Crippen LogP contribution >= 0.6 is 0 Å². The zero-order chi connectivity index (χ0) is 30.1. The molecule has 0 radical (unpaired) electrons. The van der Waals surface area contributed by atoms with Gasteiger partial charge in [-0.05, 0) is 107 Å². The Balaban J connectivity index is 1.81. The van der Waals surface area contributed by atoms with Crippen LogP contribution in [0.1, 0.15) is 44.7 Å². The van der Waals surface area contributed by atoms with Crippen LogP contribution < -0.4 is 9.47 Å². The molecule has 2 N–H and O–H groups in total. The van der Waals surface area contributed by atoms with Crippen molar-refractivity contribution in [2.75, 3.05) is 14.2 Å². The molecular weight excluding hydrogens is 553 g/mol. The van der Waals surface area contributed by atoms with Crippen LogP contribution in [0.25, 0.3) is 0 Å². The molecule has 6 nitrogen and oxygen atoms in total. The molecule has 2 rings (SSSR count). The van der Waals surface area contributed by atoms with Crippen LogP contribution in [0.5, 0.6) is 23.0 Å². The maximum atomic E-state index is 9.86. The minimum Gasteiger partial charge on any atom is -0.504 e. The molecule has 0 saturated carbocycles. The Morgan fingerprint density at radius 1 is 0.825 bits per heavy atom. The summed E-state index contributed by atoms with van der Waals surface area (Å²) in [7, 11) is -1.72. The number of benzene rings is 2. The molecule has 9 heteroatoms. The number of phenols is 2. The van der Waals surface area contributed by atoms with E-state index in [1.807, 2.05) is 24.3 Å². The smallest absolute Gasteiger partial charge is 0.187 e. The fourth-order valence-corrected chi connectivity index (χ4v) is 13.5. The number of phenolic OH excluding ortho intramolecular Hbond substituents is 2. The third-order valence-electron chi connectivity index (χ3n) is 8.31. The average molecular weight is 607 g/mol. The third kappa shape index (κ3) is 10.6. The number of ether oxygens (including phenoxy) is 2. The van der Waals surface area contributed by atoms with Crippen LogP contribution in [0.3, 0.4) is 0 Å². The van der Waals surface area contributed by atoms with Gasteiger partial charge in [0.05, 0.1) is 22.3 Å². The van der Waals surface area contributed by atoms with Crippen molar-refractivity contribution in [2.45, 2.75) is 109 Å². The Kier molecular flexibility index (Phi) is 12.8. The number of rotatable bonds is 17. The molecular formula is C31H54O6Si3. The van der Waals surface area contributed by atoms with Gasteiger partial charge in [0, 0.05) is 11.3 Å². The molecule has 2 atom stereocenters. The van der Waals surface area contributed by atoms with E-state index in [-0.39, 0.29) is 22.8 Å². The quantitative estimate of drug-likeness (QED) is 0.180. The van der Waals surface area contributed by atoms with E-state index in [2.05, 4.69) is 53.5 Å². The summed E-state index contributed by atoms with van der Waals surface area (Å²) in [4.78, 5) is 0. The van der Waals surface area contributed by atoms with Crippen molar-refractivity contribution < 1.29 is 28.5 Å². The highest BCUT2D eigenvalue weighted by Gasteiger charge is 2.40. The lowest BCUT2D eigenvalue weighted by Crippen LogP contribution is -2.54. The number of methoxy groups -OCH3 is 2. The normalized spacial score (nSPS) is 14.2. The average Bonchev–Trinajstić information content (AvgIpc) is 2.84. The summed E-state index contributed by atoms with van der Waals surface area (Å²) >= 11 is 0. The van der Waals surface area contributed by atoms with E-state index in [1.165, 1.54) is 17.2 Å². The van der Waals surface area contributed by atoms with Crippen molar-refractivity contribution in [3.05, 3.63) is 47.5 Å². The van der Waals surface area contributed by atoms with E-state index < -0.39 is 25.4 Å². The van der Waals surface area contributed by atoms with Gasteiger partial charge >= 0.3 is 0 Å². The predicted molar refractivity (Wildman–Crippen MR) is 174 cm³/mol. The second-order valence-electron chi connectivity index (χ2n) is 13.0. The standard InChI is InChI=1S/C31H54O6Si3/c1-24(36-40(9,10)20-12-14-26-16-18-28(33)30(22-26)35-5)23-38(6)37-31(2,3)39(7,8)19-11-13-25-15-17-27(32)29(21-25)34-4/h15-18,21-22,24,32-33,38H,11-14,19-20,23H2,1-10H3. The zero-order valence-electron chi connectivity index (χ0n) is 26.6. The zero-order valence-corrected chi connectivity index (χ0v) is 29.8. The van der Waals surface area contributed by atoms with E-state index >= 15 is 0 Å². The first kappa shape index (κ1) is 34.4. The van der Waals surface area contributed by atoms with Gasteiger partial charge in [-0.1, -0.05) is 37.7 Å². The van der Waals surface area contributed by atoms with Gasteiger partial charge in [0.15, 0.2) is 40.4 Å². The van der Waals surface area contributed by atoms with Gasteiger partial charge in [0.1, 0.15) is 0 Å². The molecule has 0 amide bonds.